The van der Waals surface area contributed by atoms with E-state index in [1.165, 1.54) is 5.56 Å². The monoisotopic (exact) mass is 237 g/mol. The molecule has 0 fully saturated rings. The minimum absolute atomic E-state index is 0.273. The largest absolute Gasteiger partial charge is 0.497 e. The van der Waals surface area contributed by atoms with Crippen molar-refractivity contribution in [2.24, 2.45) is 5.92 Å². The van der Waals surface area contributed by atoms with Crippen molar-refractivity contribution in [1.29, 1.82) is 0 Å². The molecular formula is C14H23NO2. The van der Waals surface area contributed by atoms with Crippen LogP contribution in [0, 0.1) is 5.92 Å². The van der Waals surface area contributed by atoms with E-state index in [1.807, 2.05) is 39.1 Å². The van der Waals surface area contributed by atoms with Gasteiger partial charge in [0.25, 0.3) is 0 Å². The van der Waals surface area contributed by atoms with Gasteiger partial charge in [0.15, 0.2) is 0 Å². The van der Waals surface area contributed by atoms with E-state index in [2.05, 4.69) is 11.0 Å². The Morgan fingerprint density at radius 2 is 2.06 bits per heavy atom. The van der Waals surface area contributed by atoms with Crippen LogP contribution >= 0.6 is 0 Å². The van der Waals surface area contributed by atoms with E-state index in [9.17, 15) is 5.11 Å². The number of rotatable bonds is 6. The van der Waals surface area contributed by atoms with Gasteiger partial charge in [-0.25, -0.2) is 0 Å². The molecule has 1 atom stereocenters. The molecular weight excluding hydrogens is 214 g/mol. The summed E-state index contributed by atoms with van der Waals surface area (Å²) in [5, 5.41) is 9.81. The first-order valence-corrected chi connectivity index (χ1v) is 6.02. The molecule has 1 N–H and O–H groups in total. The molecule has 0 saturated carbocycles. The third-order valence-corrected chi connectivity index (χ3v) is 2.85. The van der Waals surface area contributed by atoms with Gasteiger partial charge in [-0.2, -0.15) is 0 Å². The van der Waals surface area contributed by atoms with E-state index in [-0.39, 0.29) is 6.10 Å². The lowest BCUT2D eigenvalue weighted by atomic mass is 10.1. The topological polar surface area (TPSA) is 32.7 Å². The smallest absolute Gasteiger partial charge is 0.119 e. The number of likely N-dealkylation sites (N-methyl/N-ethyl adjacent to an activating group) is 1. The molecule has 3 nitrogen and oxygen atoms in total. The summed E-state index contributed by atoms with van der Waals surface area (Å²) in [7, 11) is 3.69. The number of aliphatic hydroxyl groups is 1. The highest BCUT2D eigenvalue weighted by atomic mass is 16.5. The van der Waals surface area contributed by atoms with Gasteiger partial charge in [0.05, 0.1) is 13.2 Å². The zero-order chi connectivity index (χ0) is 12.8. The standard InChI is InChI=1S/C14H23NO2/c1-11(2)14(16)10-15(3)9-12-6-5-7-13(8-12)17-4/h5-8,11,14,16H,9-10H2,1-4H3. The summed E-state index contributed by atoms with van der Waals surface area (Å²) in [5.74, 6) is 1.17. The van der Waals surface area contributed by atoms with Gasteiger partial charge in [-0.3, -0.25) is 4.90 Å². The summed E-state index contributed by atoms with van der Waals surface area (Å²) in [6, 6.07) is 8.02. The van der Waals surface area contributed by atoms with Gasteiger partial charge in [-0.15, -0.1) is 0 Å². The minimum Gasteiger partial charge on any atom is -0.497 e. The SMILES string of the molecule is COc1cccc(CN(C)CC(O)C(C)C)c1. The molecule has 1 aromatic rings. The van der Waals surface area contributed by atoms with Crippen LogP contribution in [0.25, 0.3) is 0 Å². The first-order valence-electron chi connectivity index (χ1n) is 6.02. The van der Waals surface area contributed by atoms with Crippen LogP contribution < -0.4 is 4.74 Å². The second kappa shape index (κ2) is 6.62. The average molecular weight is 237 g/mol. The number of benzene rings is 1. The Morgan fingerprint density at radius 1 is 1.35 bits per heavy atom. The van der Waals surface area contributed by atoms with Gasteiger partial charge >= 0.3 is 0 Å². The Hall–Kier alpha value is -1.06. The molecule has 0 saturated heterocycles. The Bertz CT molecular complexity index is 339. The maximum atomic E-state index is 9.81. The summed E-state index contributed by atoms with van der Waals surface area (Å²) in [6.45, 7) is 5.57. The van der Waals surface area contributed by atoms with E-state index in [0.29, 0.717) is 12.5 Å². The molecule has 1 rings (SSSR count). The predicted octanol–water partition coefficient (Wildman–Crippen LogP) is 2.14. The third kappa shape index (κ3) is 4.75. The van der Waals surface area contributed by atoms with Crippen molar-refractivity contribution in [3.63, 3.8) is 0 Å². The average Bonchev–Trinajstić information content (AvgIpc) is 2.28. The Labute approximate surface area is 104 Å². The normalized spacial score (nSPS) is 13.1. The van der Waals surface area contributed by atoms with E-state index >= 15 is 0 Å². The van der Waals surface area contributed by atoms with Crippen molar-refractivity contribution < 1.29 is 9.84 Å². The van der Waals surface area contributed by atoms with Crippen LogP contribution in [0.2, 0.25) is 0 Å². The molecule has 1 unspecified atom stereocenters. The zero-order valence-corrected chi connectivity index (χ0v) is 11.2. The van der Waals surface area contributed by atoms with E-state index in [0.717, 1.165) is 12.3 Å². The van der Waals surface area contributed by atoms with Gasteiger partial charge in [-0.1, -0.05) is 26.0 Å². The molecule has 17 heavy (non-hydrogen) atoms. The lowest BCUT2D eigenvalue weighted by Gasteiger charge is -2.22. The highest BCUT2D eigenvalue weighted by Gasteiger charge is 2.12. The molecule has 0 aromatic heterocycles. The summed E-state index contributed by atoms with van der Waals surface area (Å²) >= 11 is 0. The Balaban J connectivity index is 2.52. The number of ether oxygens (including phenoxy) is 1. The van der Waals surface area contributed by atoms with Gasteiger partial charge < -0.3 is 9.84 Å². The van der Waals surface area contributed by atoms with Gasteiger partial charge in [0.1, 0.15) is 5.75 Å². The van der Waals surface area contributed by atoms with Gasteiger partial charge in [0.2, 0.25) is 0 Å². The summed E-state index contributed by atoms with van der Waals surface area (Å²) in [4.78, 5) is 2.12. The van der Waals surface area contributed by atoms with Crippen LogP contribution in [0.3, 0.4) is 0 Å². The van der Waals surface area contributed by atoms with Crippen molar-refractivity contribution in [2.75, 3.05) is 20.7 Å². The lowest BCUT2D eigenvalue weighted by molar-refractivity contribution is 0.0838. The number of methoxy groups -OCH3 is 1. The molecule has 96 valence electrons. The molecule has 0 aliphatic rings. The van der Waals surface area contributed by atoms with Crippen LogP contribution in [0.15, 0.2) is 24.3 Å². The summed E-state index contributed by atoms with van der Waals surface area (Å²) in [5.41, 5.74) is 1.20. The summed E-state index contributed by atoms with van der Waals surface area (Å²) in [6.07, 6.45) is -0.273. The predicted molar refractivity (Wildman–Crippen MR) is 70.2 cm³/mol. The molecule has 3 heteroatoms. The molecule has 0 spiro atoms. The molecule has 1 aromatic carbocycles. The maximum absolute atomic E-state index is 9.81. The minimum atomic E-state index is -0.273. The van der Waals surface area contributed by atoms with Gasteiger partial charge in [-0.05, 0) is 30.7 Å². The van der Waals surface area contributed by atoms with Crippen molar-refractivity contribution in [3.05, 3.63) is 29.8 Å². The number of nitrogens with zero attached hydrogens (tertiary/aromatic N) is 1. The van der Waals surface area contributed by atoms with Crippen LogP contribution in [-0.4, -0.2) is 36.8 Å². The summed E-state index contributed by atoms with van der Waals surface area (Å²) < 4.78 is 5.19. The molecule has 0 heterocycles. The molecule has 0 amide bonds. The van der Waals surface area contributed by atoms with Crippen molar-refractivity contribution in [1.82, 2.24) is 4.90 Å². The highest BCUT2D eigenvalue weighted by molar-refractivity contribution is 5.28. The lowest BCUT2D eigenvalue weighted by Crippen LogP contribution is -2.32. The molecule has 0 aliphatic carbocycles. The Morgan fingerprint density at radius 3 is 2.65 bits per heavy atom. The van der Waals surface area contributed by atoms with Crippen LogP contribution in [-0.2, 0) is 6.54 Å². The van der Waals surface area contributed by atoms with Crippen molar-refractivity contribution in [2.45, 2.75) is 26.5 Å². The third-order valence-electron chi connectivity index (χ3n) is 2.85. The van der Waals surface area contributed by atoms with Gasteiger partial charge in [0, 0.05) is 13.1 Å². The number of hydrogen-bond acceptors (Lipinski definition) is 3. The number of hydrogen-bond donors (Lipinski definition) is 1. The van der Waals surface area contributed by atoms with E-state index < -0.39 is 0 Å². The highest BCUT2D eigenvalue weighted by Crippen LogP contribution is 2.14. The number of aliphatic hydroxyl groups excluding tert-OH is 1. The zero-order valence-electron chi connectivity index (χ0n) is 11.2. The van der Waals surface area contributed by atoms with Crippen molar-refractivity contribution in [3.8, 4) is 5.75 Å². The first-order chi connectivity index (χ1) is 8.02. The quantitative estimate of drug-likeness (QED) is 0.823. The molecule has 0 bridgehead atoms. The molecule has 0 radical (unpaired) electrons. The van der Waals surface area contributed by atoms with E-state index in [4.69, 9.17) is 4.74 Å². The fraction of sp³-hybridized carbons (Fsp3) is 0.571. The fourth-order valence-corrected chi connectivity index (χ4v) is 1.68. The van der Waals surface area contributed by atoms with Crippen LogP contribution in [0.4, 0.5) is 0 Å². The van der Waals surface area contributed by atoms with Crippen LogP contribution in [0.5, 0.6) is 5.75 Å². The maximum Gasteiger partial charge on any atom is 0.119 e. The fourth-order valence-electron chi connectivity index (χ4n) is 1.68. The van der Waals surface area contributed by atoms with E-state index in [1.54, 1.807) is 7.11 Å². The second-order valence-corrected chi connectivity index (χ2v) is 4.86. The molecule has 0 aliphatic heterocycles. The first kappa shape index (κ1) is 14.0. The Kier molecular flexibility index (Phi) is 5.45. The van der Waals surface area contributed by atoms with Crippen LogP contribution in [0.1, 0.15) is 19.4 Å². The second-order valence-electron chi connectivity index (χ2n) is 4.86. The van der Waals surface area contributed by atoms with Crippen molar-refractivity contribution >= 4 is 0 Å².